The van der Waals surface area contributed by atoms with Gasteiger partial charge in [-0.15, -0.1) is 0 Å². The highest BCUT2D eigenvalue weighted by Gasteiger charge is 2.04. The molecule has 0 bridgehead atoms. The van der Waals surface area contributed by atoms with Crippen molar-refractivity contribution in [3.05, 3.63) is 30.3 Å². The van der Waals surface area contributed by atoms with Crippen LogP contribution >= 0.6 is 0 Å². The first-order valence-electron chi connectivity index (χ1n) is 4.54. The van der Waals surface area contributed by atoms with E-state index < -0.39 is 5.91 Å². The highest BCUT2D eigenvalue weighted by Crippen LogP contribution is 2.15. The average Bonchev–Trinajstić information content (AvgIpc) is 2.20. The maximum Gasteiger partial charge on any atom is 0.220 e. The predicted molar refractivity (Wildman–Crippen MR) is 54.0 cm³/mol. The Balaban J connectivity index is 2.55. The number of carbonyl (C=O) groups is 1. The third-order valence-electron chi connectivity index (χ3n) is 1.70. The Morgan fingerprint density at radius 3 is 3.13 bits per heavy atom. The van der Waals surface area contributed by atoms with E-state index in [4.69, 9.17) is 15.6 Å². The second-order valence-electron chi connectivity index (χ2n) is 2.85. The van der Waals surface area contributed by atoms with E-state index >= 15 is 0 Å². The number of nitrogens with two attached hydrogens (primary N) is 1. The van der Waals surface area contributed by atoms with Crippen LogP contribution < -0.4 is 10.5 Å². The molecule has 1 heterocycles. The van der Waals surface area contributed by atoms with Crippen molar-refractivity contribution in [3.8, 4) is 5.88 Å². The zero-order valence-corrected chi connectivity index (χ0v) is 8.22. The number of hydrogen-bond donors (Lipinski definition) is 2. The first kappa shape index (κ1) is 11.5. The third kappa shape index (κ3) is 3.95. The molecular weight excluding hydrogens is 196 g/mol. The SMILES string of the molecule is NC(=O)CCOc1ncccc1[CH]CO. The minimum absolute atomic E-state index is 0.0854. The Labute approximate surface area is 87.9 Å². The standard InChI is InChI=1S/C10H13N2O3/c11-9(14)4-7-15-10-8(3-6-13)2-1-5-12-10/h1-3,5,13H,4,6-7H2,(H2,11,14). The molecule has 5 heteroatoms. The Morgan fingerprint density at radius 1 is 1.67 bits per heavy atom. The van der Waals surface area contributed by atoms with Gasteiger partial charge in [0.15, 0.2) is 0 Å². The van der Waals surface area contributed by atoms with Crippen molar-refractivity contribution < 1.29 is 14.6 Å². The lowest BCUT2D eigenvalue weighted by Gasteiger charge is -2.07. The molecule has 5 nitrogen and oxygen atoms in total. The quantitative estimate of drug-likeness (QED) is 0.684. The van der Waals surface area contributed by atoms with E-state index in [-0.39, 0.29) is 19.6 Å². The fourth-order valence-corrected chi connectivity index (χ4v) is 1.03. The van der Waals surface area contributed by atoms with Gasteiger partial charge < -0.3 is 15.6 Å². The summed E-state index contributed by atoms with van der Waals surface area (Å²) < 4.78 is 5.25. The van der Waals surface area contributed by atoms with Gasteiger partial charge in [-0.2, -0.15) is 0 Å². The van der Waals surface area contributed by atoms with Crippen LogP contribution in [0, 0.1) is 6.42 Å². The van der Waals surface area contributed by atoms with Gasteiger partial charge in [-0.1, -0.05) is 6.07 Å². The van der Waals surface area contributed by atoms with Crippen LogP contribution in [0.3, 0.4) is 0 Å². The molecule has 1 amide bonds. The van der Waals surface area contributed by atoms with Crippen LogP contribution in [0.2, 0.25) is 0 Å². The summed E-state index contributed by atoms with van der Waals surface area (Å²) in [6.45, 7) is 0.108. The molecule has 1 radical (unpaired) electrons. The lowest BCUT2D eigenvalue weighted by molar-refractivity contribution is -0.118. The number of carbonyl (C=O) groups excluding carboxylic acids is 1. The number of rotatable bonds is 6. The Kier molecular flexibility index (Phi) is 4.56. The largest absolute Gasteiger partial charge is 0.477 e. The van der Waals surface area contributed by atoms with Crippen molar-refractivity contribution in [2.24, 2.45) is 5.73 Å². The fourth-order valence-electron chi connectivity index (χ4n) is 1.03. The third-order valence-corrected chi connectivity index (χ3v) is 1.70. The van der Waals surface area contributed by atoms with Crippen molar-refractivity contribution >= 4 is 5.91 Å². The van der Waals surface area contributed by atoms with E-state index in [2.05, 4.69) is 4.98 Å². The molecule has 0 spiro atoms. The average molecular weight is 209 g/mol. The van der Waals surface area contributed by atoms with Gasteiger partial charge >= 0.3 is 0 Å². The minimum Gasteiger partial charge on any atom is -0.477 e. The van der Waals surface area contributed by atoms with Crippen molar-refractivity contribution in [2.45, 2.75) is 6.42 Å². The van der Waals surface area contributed by atoms with E-state index in [1.165, 1.54) is 0 Å². The van der Waals surface area contributed by atoms with Gasteiger partial charge in [0, 0.05) is 18.2 Å². The van der Waals surface area contributed by atoms with Crippen LogP contribution in [0.5, 0.6) is 5.88 Å². The van der Waals surface area contributed by atoms with E-state index in [0.29, 0.717) is 11.4 Å². The summed E-state index contributed by atoms with van der Waals surface area (Å²) in [5.74, 6) is -0.0218. The van der Waals surface area contributed by atoms with Gasteiger partial charge in [0.25, 0.3) is 0 Å². The number of nitrogens with zero attached hydrogens (tertiary/aromatic N) is 1. The van der Waals surface area contributed by atoms with Gasteiger partial charge in [-0.05, 0) is 6.07 Å². The number of hydrogen-bond acceptors (Lipinski definition) is 4. The number of ether oxygens (including phenoxy) is 1. The molecule has 0 aromatic carbocycles. The van der Waals surface area contributed by atoms with Crippen molar-refractivity contribution in [2.75, 3.05) is 13.2 Å². The number of aliphatic hydroxyl groups is 1. The first-order valence-corrected chi connectivity index (χ1v) is 4.54. The lowest BCUT2D eigenvalue weighted by Crippen LogP contribution is -2.15. The summed E-state index contributed by atoms with van der Waals surface area (Å²) in [4.78, 5) is 14.5. The highest BCUT2D eigenvalue weighted by atomic mass is 16.5. The molecule has 0 saturated carbocycles. The summed E-state index contributed by atoms with van der Waals surface area (Å²) in [7, 11) is 0. The molecule has 0 aliphatic rings. The number of aliphatic hydroxyl groups excluding tert-OH is 1. The van der Waals surface area contributed by atoms with Crippen LogP contribution in [-0.2, 0) is 4.79 Å². The summed E-state index contributed by atoms with van der Waals surface area (Å²) in [6.07, 6.45) is 3.30. The molecule has 0 aliphatic carbocycles. The number of aromatic nitrogens is 1. The van der Waals surface area contributed by atoms with E-state index in [9.17, 15) is 4.79 Å². The van der Waals surface area contributed by atoms with Gasteiger partial charge in [-0.3, -0.25) is 4.79 Å². The van der Waals surface area contributed by atoms with Crippen LogP contribution in [0.1, 0.15) is 12.0 Å². The highest BCUT2D eigenvalue weighted by molar-refractivity contribution is 5.73. The minimum atomic E-state index is -0.418. The van der Waals surface area contributed by atoms with Crippen LogP contribution in [-0.4, -0.2) is 29.2 Å². The molecule has 0 atom stereocenters. The molecule has 1 aromatic heterocycles. The molecule has 0 aliphatic heterocycles. The van der Waals surface area contributed by atoms with Crippen molar-refractivity contribution in [1.82, 2.24) is 4.98 Å². The number of amides is 1. The molecule has 0 fully saturated rings. The Morgan fingerprint density at radius 2 is 2.47 bits per heavy atom. The Hall–Kier alpha value is -1.62. The summed E-state index contributed by atoms with van der Waals surface area (Å²) in [5.41, 5.74) is 5.66. The van der Waals surface area contributed by atoms with E-state index in [1.807, 2.05) is 0 Å². The summed E-state index contributed by atoms with van der Waals surface area (Å²) >= 11 is 0. The normalized spacial score (nSPS) is 9.93. The summed E-state index contributed by atoms with van der Waals surface area (Å²) in [6, 6.07) is 3.51. The van der Waals surface area contributed by atoms with Gasteiger partial charge in [-0.25, -0.2) is 4.98 Å². The van der Waals surface area contributed by atoms with Gasteiger partial charge in [0.05, 0.1) is 19.6 Å². The van der Waals surface area contributed by atoms with Crippen LogP contribution in [0.15, 0.2) is 18.3 Å². The van der Waals surface area contributed by atoms with E-state index in [1.54, 1.807) is 24.8 Å². The maximum absolute atomic E-state index is 10.5. The molecule has 0 saturated heterocycles. The first-order chi connectivity index (χ1) is 7.24. The predicted octanol–water partition coefficient (Wildman–Crippen LogP) is -0.120. The monoisotopic (exact) mass is 209 g/mol. The second-order valence-corrected chi connectivity index (χ2v) is 2.85. The van der Waals surface area contributed by atoms with Crippen LogP contribution in [0.4, 0.5) is 0 Å². The zero-order chi connectivity index (χ0) is 11.1. The fraction of sp³-hybridized carbons (Fsp3) is 0.300. The molecular formula is C10H13N2O3. The second kappa shape index (κ2) is 5.98. The Bertz CT molecular complexity index is 328. The van der Waals surface area contributed by atoms with E-state index in [0.717, 1.165) is 0 Å². The number of primary amides is 1. The molecule has 81 valence electrons. The molecule has 0 unspecified atom stereocenters. The van der Waals surface area contributed by atoms with Crippen molar-refractivity contribution in [3.63, 3.8) is 0 Å². The van der Waals surface area contributed by atoms with Crippen LogP contribution in [0.25, 0.3) is 0 Å². The number of pyridine rings is 1. The molecule has 3 N–H and O–H groups in total. The lowest BCUT2D eigenvalue weighted by atomic mass is 10.2. The zero-order valence-electron chi connectivity index (χ0n) is 8.22. The molecule has 1 aromatic rings. The molecule has 1 rings (SSSR count). The molecule has 15 heavy (non-hydrogen) atoms. The smallest absolute Gasteiger partial charge is 0.220 e. The van der Waals surface area contributed by atoms with Crippen molar-refractivity contribution in [1.29, 1.82) is 0 Å². The van der Waals surface area contributed by atoms with Gasteiger partial charge in [0.1, 0.15) is 0 Å². The maximum atomic E-state index is 10.5. The summed E-state index contributed by atoms with van der Waals surface area (Å²) in [5, 5.41) is 8.74. The topological polar surface area (TPSA) is 85.4 Å². The van der Waals surface area contributed by atoms with Gasteiger partial charge in [0.2, 0.25) is 11.8 Å².